The van der Waals surface area contributed by atoms with Gasteiger partial charge in [0.25, 0.3) is 0 Å². The maximum Gasteiger partial charge on any atom is 0.119 e. The molecule has 0 N–H and O–H groups in total. The van der Waals surface area contributed by atoms with Crippen LogP contribution in [0.1, 0.15) is 11.7 Å². The van der Waals surface area contributed by atoms with E-state index in [1.807, 2.05) is 24.3 Å². The van der Waals surface area contributed by atoms with Crippen LogP contribution in [0.2, 0.25) is 0 Å². The van der Waals surface area contributed by atoms with E-state index in [-0.39, 0.29) is 12.2 Å². The molecule has 1 aromatic carbocycles. The van der Waals surface area contributed by atoms with Crippen LogP contribution in [0.15, 0.2) is 34.4 Å². The molecule has 1 heterocycles. The molecular weight excluding hydrogens is 291 g/mol. The van der Waals surface area contributed by atoms with Crippen molar-refractivity contribution in [1.29, 1.82) is 0 Å². The number of halogens is 1. The van der Waals surface area contributed by atoms with E-state index in [1.165, 1.54) is 5.56 Å². The molecule has 1 aliphatic rings. The highest BCUT2D eigenvalue weighted by molar-refractivity contribution is 14.1. The van der Waals surface area contributed by atoms with E-state index >= 15 is 0 Å². The summed E-state index contributed by atoms with van der Waals surface area (Å²) in [6, 6.07) is 7.96. The third kappa shape index (κ3) is 1.93. The van der Waals surface area contributed by atoms with Crippen molar-refractivity contribution in [3.63, 3.8) is 0 Å². The van der Waals surface area contributed by atoms with Crippen molar-refractivity contribution in [3.8, 4) is 5.75 Å². The van der Waals surface area contributed by atoms with E-state index in [1.54, 1.807) is 7.11 Å². The van der Waals surface area contributed by atoms with Gasteiger partial charge in [-0.3, -0.25) is 0 Å². The molecular formula is C11H11IO2. The summed E-state index contributed by atoms with van der Waals surface area (Å²) in [5.41, 5.74) is 1.19. The van der Waals surface area contributed by atoms with Crippen LogP contribution in [0.5, 0.6) is 5.75 Å². The smallest absolute Gasteiger partial charge is 0.119 e. The third-order valence-electron chi connectivity index (χ3n) is 2.24. The Morgan fingerprint density at radius 1 is 1.43 bits per heavy atom. The van der Waals surface area contributed by atoms with Crippen LogP contribution in [0.25, 0.3) is 0 Å². The number of ether oxygens (including phenoxy) is 2. The minimum atomic E-state index is 0.198. The summed E-state index contributed by atoms with van der Waals surface area (Å²) in [4.78, 5) is 0. The van der Waals surface area contributed by atoms with Gasteiger partial charge < -0.3 is 9.47 Å². The Hall–Kier alpha value is -0.550. The first-order valence-electron chi connectivity index (χ1n) is 4.36. The summed E-state index contributed by atoms with van der Waals surface area (Å²) in [6.07, 6.45) is 0.398. The normalized spacial score (nSPS) is 24.4. The average Bonchev–Trinajstić information content (AvgIpc) is 2.97. The molecule has 74 valence electrons. The van der Waals surface area contributed by atoms with Gasteiger partial charge in [0.15, 0.2) is 0 Å². The number of hydrogen-bond acceptors (Lipinski definition) is 2. The van der Waals surface area contributed by atoms with E-state index < -0.39 is 0 Å². The molecule has 1 aliphatic heterocycles. The average molecular weight is 302 g/mol. The van der Waals surface area contributed by atoms with Gasteiger partial charge in [0.05, 0.1) is 7.11 Å². The maximum absolute atomic E-state index is 5.49. The van der Waals surface area contributed by atoms with E-state index in [9.17, 15) is 0 Å². The molecule has 2 atom stereocenters. The molecule has 2 nitrogen and oxygen atoms in total. The van der Waals surface area contributed by atoms with Gasteiger partial charge in [-0.2, -0.15) is 0 Å². The second-order valence-electron chi connectivity index (χ2n) is 3.20. The van der Waals surface area contributed by atoms with Crippen LogP contribution in [-0.2, 0) is 4.74 Å². The van der Waals surface area contributed by atoms with Crippen molar-refractivity contribution >= 4 is 22.6 Å². The molecule has 0 unspecified atom stereocenters. The highest BCUT2D eigenvalue weighted by Crippen LogP contribution is 2.44. The number of methoxy groups -OCH3 is 1. The van der Waals surface area contributed by atoms with Gasteiger partial charge in [0.2, 0.25) is 0 Å². The second-order valence-corrected chi connectivity index (χ2v) is 4.58. The quantitative estimate of drug-likeness (QED) is 0.632. The topological polar surface area (TPSA) is 21.8 Å². The molecule has 3 heteroatoms. The highest BCUT2D eigenvalue weighted by atomic mass is 127. The Bertz CT molecular complexity index is 345. The first-order valence-corrected chi connectivity index (χ1v) is 5.44. The fourth-order valence-corrected chi connectivity index (χ4v) is 1.87. The van der Waals surface area contributed by atoms with Gasteiger partial charge in [0.1, 0.15) is 18.0 Å². The lowest BCUT2D eigenvalue weighted by atomic mass is 10.1. The summed E-state index contributed by atoms with van der Waals surface area (Å²) in [5, 5.41) is 0. The van der Waals surface area contributed by atoms with E-state index in [2.05, 4.69) is 29.2 Å². The monoisotopic (exact) mass is 302 g/mol. The molecule has 0 saturated carbocycles. The molecule has 14 heavy (non-hydrogen) atoms. The lowest BCUT2D eigenvalue weighted by Crippen LogP contribution is -1.88. The highest BCUT2D eigenvalue weighted by Gasteiger charge is 2.41. The summed E-state index contributed by atoms with van der Waals surface area (Å²) >= 11 is 2.21. The molecule has 2 rings (SSSR count). The molecule has 0 aliphatic carbocycles. The fourth-order valence-electron chi connectivity index (χ4n) is 1.40. The van der Waals surface area contributed by atoms with Crippen LogP contribution >= 0.6 is 22.6 Å². The largest absolute Gasteiger partial charge is 0.497 e. The van der Waals surface area contributed by atoms with E-state index in [0.29, 0.717) is 0 Å². The predicted octanol–water partition coefficient (Wildman–Crippen LogP) is 3.08. The van der Waals surface area contributed by atoms with Gasteiger partial charge in [-0.05, 0) is 40.3 Å². The fraction of sp³-hybridized carbons (Fsp3) is 0.273. The first kappa shape index (κ1) is 9.98. The van der Waals surface area contributed by atoms with Gasteiger partial charge in [-0.1, -0.05) is 18.7 Å². The number of epoxide rings is 1. The summed E-state index contributed by atoms with van der Waals surface area (Å²) in [7, 11) is 1.66. The molecule has 0 aromatic heterocycles. The minimum absolute atomic E-state index is 0.198. The Morgan fingerprint density at radius 3 is 2.50 bits per heavy atom. The predicted molar refractivity (Wildman–Crippen MR) is 63.8 cm³/mol. The van der Waals surface area contributed by atoms with Gasteiger partial charge in [-0.15, -0.1) is 0 Å². The molecule has 0 bridgehead atoms. The standard InChI is InChI=1S/C11H11IO2/c1-7(12)10-11(14-10)8-3-5-9(13-2)6-4-8/h3-6,10-11H,1H2,2H3/t10-,11-/m1/s1. The molecule has 1 fully saturated rings. The van der Waals surface area contributed by atoms with Gasteiger partial charge >= 0.3 is 0 Å². The van der Waals surface area contributed by atoms with Gasteiger partial charge in [-0.25, -0.2) is 0 Å². The Balaban J connectivity index is 2.08. The van der Waals surface area contributed by atoms with E-state index in [4.69, 9.17) is 9.47 Å². The number of hydrogen-bond donors (Lipinski definition) is 0. The minimum Gasteiger partial charge on any atom is -0.497 e. The second kappa shape index (κ2) is 3.90. The van der Waals surface area contributed by atoms with Crippen molar-refractivity contribution in [1.82, 2.24) is 0 Å². The van der Waals surface area contributed by atoms with Crippen LogP contribution in [0, 0.1) is 0 Å². The van der Waals surface area contributed by atoms with Gasteiger partial charge in [0, 0.05) is 3.58 Å². The van der Waals surface area contributed by atoms with Crippen LogP contribution in [0.3, 0.4) is 0 Å². The lowest BCUT2D eigenvalue weighted by molar-refractivity contribution is 0.392. The zero-order chi connectivity index (χ0) is 10.1. The van der Waals surface area contributed by atoms with Crippen molar-refractivity contribution in [2.75, 3.05) is 7.11 Å². The maximum atomic E-state index is 5.49. The van der Waals surface area contributed by atoms with Crippen molar-refractivity contribution in [2.24, 2.45) is 0 Å². The third-order valence-corrected chi connectivity index (χ3v) is 2.86. The Morgan fingerprint density at radius 2 is 2.07 bits per heavy atom. The zero-order valence-electron chi connectivity index (χ0n) is 7.87. The van der Waals surface area contributed by atoms with Crippen molar-refractivity contribution < 1.29 is 9.47 Å². The lowest BCUT2D eigenvalue weighted by Gasteiger charge is -2.00. The molecule has 0 spiro atoms. The summed E-state index contributed by atoms with van der Waals surface area (Å²) in [5.74, 6) is 0.874. The number of rotatable bonds is 3. The molecule has 1 saturated heterocycles. The molecule has 0 amide bonds. The summed E-state index contributed by atoms with van der Waals surface area (Å²) < 4.78 is 11.6. The van der Waals surface area contributed by atoms with Crippen LogP contribution in [0.4, 0.5) is 0 Å². The zero-order valence-corrected chi connectivity index (χ0v) is 10.0. The van der Waals surface area contributed by atoms with Crippen LogP contribution < -0.4 is 4.74 Å². The SMILES string of the molecule is C=C(I)[C@H]1O[C@@H]1c1ccc(OC)cc1. The van der Waals surface area contributed by atoms with Crippen molar-refractivity contribution in [3.05, 3.63) is 40.0 Å². The molecule has 0 radical (unpaired) electrons. The van der Waals surface area contributed by atoms with E-state index in [0.717, 1.165) is 9.33 Å². The first-order chi connectivity index (χ1) is 6.72. The summed E-state index contributed by atoms with van der Waals surface area (Å²) in [6.45, 7) is 3.86. The Kier molecular flexibility index (Phi) is 2.78. The van der Waals surface area contributed by atoms with Crippen molar-refractivity contribution in [2.45, 2.75) is 12.2 Å². The molecule has 1 aromatic rings. The van der Waals surface area contributed by atoms with Crippen LogP contribution in [-0.4, -0.2) is 13.2 Å². The number of benzene rings is 1. The Labute approximate surface area is 97.0 Å².